The van der Waals surface area contributed by atoms with Gasteiger partial charge in [-0.15, -0.1) is 0 Å². The number of pyridine rings is 1. The van der Waals surface area contributed by atoms with Crippen molar-refractivity contribution in [3.05, 3.63) is 24.0 Å². The number of nitrogens with zero attached hydrogens (tertiary/aromatic N) is 4. The summed E-state index contributed by atoms with van der Waals surface area (Å²) in [6, 6.07) is 3.74. The number of hydrogen-bond acceptors (Lipinski definition) is 6. The van der Waals surface area contributed by atoms with Crippen molar-refractivity contribution in [2.45, 2.75) is 18.6 Å². The summed E-state index contributed by atoms with van der Waals surface area (Å²) in [4.78, 5) is 33.4. The zero-order chi connectivity index (χ0) is 18.0. The Hall–Kier alpha value is -2.19. The molecule has 0 aliphatic carbocycles. The van der Waals surface area contributed by atoms with E-state index in [0.29, 0.717) is 45.1 Å². The highest BCUT2D eigenvalue weighted by Crippen LogP contribution is 2.33. The normalized spacial score (nSPS) is 22.7. The van der Waals surface area contributed by atoms with Crippen molar-refractivity contribution < 1.29 is 19.1 Å². The first-order valence-corrected chi connectivity index (χ1v) is 9.17. The van der Waals surface area contributed by atoms with Crippen LogP contribution in [-0.4, -0.2) is 85.4 Å². The second-order valence-corrected chi connectivity index (χ2v) is 6.93. The van der Waals surface area contributed by atoms with Crippen molar-refractivity contribution in [3.8, 4) is 0 Å². The molecule has 3 aliphatic rings. The molecule has 1 spiro atoms. The number of carbonyl (C=O) groups excluding carboxylic acids is 2. The monoisotopic (exact) mass is 360 g/mol. The summed E-state index contributed by atoms with van der Waals surface area (Å²) in [5.41, 5.74) is 1.46. The minimum atomic E-state index is -0.385. The van der Waals surface area contributed by atoms with Crippen LogP contribution >= 0.6 is 0 Å². The van der Waals surface area contributed by atoms with Crippen LogP contribution < -0.4 is 4.90 Å². The van der Waals surface area contributed by atoms with Gasteiger partial charge in [0.05, 0.1) is 25.1 Å². The Morgan fingerprint density at radius 3 is 2.31 bits per heavy atom. The number of piperazine rings is 1. The Bertz CT molecular complexity index is 642. The molecule has 0 saturated carbocycles. The SMILES string of the molecule is O=CN1CCN(C(=O)c2ccc(N3CCC4(CC3)OCCO4)cn2)CC1. The van der Waals surface area contributed by atoms with Crippen molar-refractivity contribution in [3.63, 3.8) is 0 Å². The predicted octanol–water partition coefficient (Wildman–Crippen LogP) is 0.339. The second kappa shape index (κ2) is 7.20. The maximum absolute atomic E-state index is 12.6. The first kappa shape index (κ1) is 17.2. The number of piperidine rings is 1. The van der Waals surface area contributed by atoms with Gasteiger partial charge in [-0.2, -0.15) is 0 Å². The van der Waals surface area contributed by atoms with Crippen LogP contribution in [-0.2, 0) is 14.3 Å². The van der Waals surface area contributed by atoms with E-state index in [1.807, 2.05) is 6.07 Å². The van der Waals surface area contributed by atoms with E-state index >= 15 is 0 Å². The number of ether oxygens (including phenoxy) is 2. The van der Waals surface area contributed by atoms with E-state index in [2.05, 4.69) is 9.88 Å². The predicted molar refractivity (Wildman–Crippen MR) is 93.9 cm³/mol. The molecule has 0 bridgehead atoms. The van der Waals surface area contributed by atoms with E-state index in [9.17, 15) is 9.59 Å². The molecule has 2 amide bonds. The molecule has 0 unspecified atom stereocenters. The Labute approximate surface area is 152 Å². The first-order valence-electron chi connectivity index (χ1n) is 9.17. The summed E-state index contributed by atoms with van der Waals surface area (Å²) < 4.78 is 11.5. The third kappa shape index (κ3) is 3.39. The van der Waals surface area contributed by atoms with Crippen LogP contribution in [0.2, 0.25) is 0 Å². The second-order valence-electron chi connectivity index (χ2n) is 6.93. The highest BCUT2D eigenvalue weighted by Gasteiger charge is 2.39. The fourth-order valence-electron chi connectivity index (χ4n) is 3.78. The third-order valence-electron chi connectivity index (χ3n) is 5.42. The molecule has 8 heteroatoms. The number of hydrogen-bond donors (Lipinski definition) is 0. The summed E-state index contributed by atoms with van der Waals surface area (Å²) in [6.45, 7) is 5.31. The molecule has 1 aromatic rings. The maximum atomic E-state index is 12.6. The zero-order valence-corrected chi connectivity index (χ0v) is 14.8. The standard InChI is InChI=1S/C18H24N4O4/c23-14-20-7-9-22(10-8-20)17(24)16-2-1-15(13-19-16)21-5-3-18(4-6-21)25-11-12-26-18/h1-2,13-14H,3-12H2. The molecular weight excluding hydrogens is 336 g/mol. The van der Waals surface area contributed by atoms with Gasteiger partial charge in [-0.05, 0) is 12.1 Å². The van der Waals surface area contributed by atoms with Crippen LogP contribution in [0.15, 0.2) is 18.3 Å². The van der Waals surface area contributed by atoms with Crippen molar-refractivity contribution in [2.75, 3.05) is 57.4 Å². The summed E-state index contributed by atoms with van der Waals surface area (Å²) in [7, 11) is 0. The molecule has 3 saturated heterocycles. The van der Waals surface area contributed by atoms with Crippen LogP contribution in [0.3, 0.4) is 0 Å². The van der Waals surface area contributed by atoms with Gasteiger partial charge in [0.15, 0.2) is 5.79 Å². The van der Waals surface area contributed by atoms with Gasteiger partial charge in [0, 0.05) is 52.1 Å². The minimum Gasteiger partial charge on any atom is -0.370 e. The quantitative estimate of drug-likeness (QED) is 0.724. The van der Waals surface area contributed by atoms with Crippen LogP contribution in [0.1, 0.15) is 23.3 Å². The molecule has 4 heterocycles. The average Bonchev–Trinajstić information content (AvgIpc) is 3.16. The smallest absolute Gasteiger partial charge is 0.272 e. The van der Waals surface area contributed by atoms with Crippen molar-refractivity contribution >= 4 is 18.0 Å². The van der Waals surface area contributed by atoms with Gasteiger partial charge in [0.2, 0.25) is 6.41 Å². The average molecular weight is 360 g/mol. The number of carbonyl (C=O) groups is 2. The maximum Gasteiger partial charge on any atom is 0.272 e. The van der Waals surface area contributed by atoms with Gasteiger partial charge < -0.3 is 24.2 Å². The summed E-state index contributed by atoms with van der Waals surface area (Å²) >= 11 is 0. The number of rotatable bonds is 3. The molecule has 4 rings (SSSR count). The van der Waals surface area contributed by atoms with E-state index in [1.54, 1.807) is 22.1 Å². The number of anilines is 1. The Morgan fingerprint density at radius 2 is 1.73 bits per heavy atom. The first-order chi connectivity index (χ1) is 12.7. The molecule has 1 aromatic heterocycles. The molecular formula is C18H24N4O4. The number of aromatic nitrogens is 1. The van der Waals surface area contributed by atoms with E-state index in [4.69, 9.17) is 9.47 Å². The molecule has 8 nitrogen and oxygen atoms in total. The van der Waals surface area contributed by atoms with Crippen LogP contribution in [0, 0.1) is 0 Å². The van der Waals surface area contributed by atoms with Gasteiger partial charge in [0.1, 0.15) is 5.69 Å². The molecule has 26 heavy (non-hydrogen) atoms. The van der Waals surface area contributed by atoms with Gasteiger partial charge >= 0.3 is 0 Å². The van der Waals surface area contributed by atoms with E-state index < -0.39 is 0 Å². The fourth-order valence-corrected chi connectivity index (χ4v) is 3.78. The Morgan fingerprint density at radius 1 is 1.04 bits per heavy atom. The van der Waals surface area contributed by atoms with E-state index in [-0.39, 0.29) is 11.7 Å². The van der Waals surface area contributed by atoms with E-state index in [0.717, 1.165) is 38.0 Å². The van der Waals surface area contributed by atoms with E-state index in [1.165, 1.54) is 0 Å². The zero-order valence-electron chi connectivity index (χ0n) is 14.8. The lowest BCUT2D eigenvalue weighted by molar-refractivity contribution is -0.169. The molecule has 3 aliphatic heterocycles. The largest absolute Gasteiger partial charge is 0.370 e. The lowest BCUT2D eigenvalue weighted by atomic mass is 10.0. The topological polar surface area (TPSA) is 75.2 Å². The molecule has 140 valence electrons. The highest BCUT2D eigenvalue weighted by molar-refractivity contribution is 5.92. The lowest BCUT2D eigenvalue weighted by Gasteiger charge is -2.38. The molecule has 0 N–H and O–H groups in total. The third-order valence-corrected chi connectivity index (χ3v) is 5.42. The molecule has 3 fully saturated rings. The molecule has 0 atom stereocenters. The van der Waals surface area contributed by atoms with Crippen LogP contribution in [0.25, 0.3) is 0 Å². The van der Waals surface area contributed by atoms with Crippen molar-refractivity contribution in [1.29, 1.82) is 0 Å². The Kier molecular flexibility index (Phi) is 4.78. The van der Waals surface area contributed by atoms with Crippen molar-refractivity contribution in [2.24, 2.45) is 0 Å². The van der Waals surface area contributed by atoms with Gasteiger partial charge in [0.25, 0.3) is 5.91 Å². The van der Waals surface area contributed by atoms with Crippen molar-refractivity contribution in [1.82, 2.24) is 14.8 Å². The van der Waals surface area contributed by atoms with Gasteiger partial charge in [-0.3, -0.25) is 9.59 Å². The Balaban J connectivity index is 1.35. The fraction of sp³-hybridized carbons (Fsp3) is 0.611. The minimum absolute atomic E-state index is 0.0764. The molecule has 0 radical (unpaired) electrons. The summed E-state index contributed by atoms with van der Waals surface area (Å²) in [5, 5.41) is 0. The number of amides is 2. The van der Waals surface area contributed by atoms with Gasteiger partial charge in [-0.25, -0.2) is 4.98 Å². The summed E-state index contributed by atoms with van der Waals surface area (Å²) in [5.74, 6) is -0.462. The van der Waals surface area contributed by atoms with Crippen LogP contribution in [0.4, 0.5) is 5.69 Å². The van der Waals surface area contributed by atoms with Gasteiger partial charge in [-0.1, -0.05) is 0 Å². The highest BCUT2D eigenvalue weighted by atomic mass is 16.7. The summed E-state index contributed by atoms with van der Waals surface area (Å²) in [6.07, 6.45) is 4.28. The van der Waals surface area contributed by atoms with Crippen LogP contribution in [0.5, 0.6) is 0 Å². The molecule has 0 aromatic carbocycles. The lowest BCUT2D eigenvalue weighted by Crippen LogP contribution is -2.48.